The van der Waals surface area contributed by atoms with Crippen LogP contribution >= 0.6 is 0 Å². The van der Waals surface area contributed by atoms with Crippen LogP contribution in [0.4, 0.5) is 16.2 Å². The van der Waals surface area contributed by atoms with Crippen molar-refractivity contribution >= 4 is 29.3 Å². The first kappa shape index (κ1) is 22.4. The molecule has 2 aromatic rings. The van der Waals surface area contributed by atoms with Crippen molar-refractivity contribution in [2.75, 3.05) is 36.5 Å². The van der Waals surface area contributed by atoms with Crippen molar-refractivity contribution in [1.29, 1.82) is 0 Å². The molecule has 0 aliphatic carbocycles. The van der Waals surface area contributed by atoms with Crippen LogP contribution < -0.4 is 24.6 Å². The van der Waals surface area contributed by atoms with E-state index in [1.165, 1.54) is 23.8 Å². The predicted octanol–water partition coefficient (Wildman–Crippen LogP) is 1.36. The van der Waals surface area contributed by atoms with E-state index in [0.29, 0.717) is 34.4 Å². The van der Waals surface area contributed by atoms with Crippen molar-refractivity contribution in [3.8, 4) is 23.0 Å². The number of ether oxygens (including phenoxy) is 3. The molecule has 2 heterocycles. The Labute approximate surface area is 189 Å². The highest BCUT2D eigenvalue weighted by Crippen LogP contribution is 2.47. The Bertz CT molecular complexity index is 1110. The molecule has 33 heavy (non-hydrogen) atoms. The van der Waals surface area contributed by atoms with Gasteiger partial charge in [0, 0.05) is 31.8 Å². The number of likely N-dealkylation sites (N-methyl/N-ethyl adjacent to an activating group) is 1. The molecule has 3 amide bonds. The molecule has 0 unspecified atom stereocenters. The van der Waals surface area contributed by atoms with Crippen LogP contribution in [0.5, 0.6) is 23.0 Å². The smallest absolute Gasteiger partial charge is 0.414 e. The van der Waals surface area contributed by atoms with Crippen molar-refractivity contribution in [2.24, 2.45) is 0 Å². The molecule has 11 heteroatoms. The van der Waals surface area contributed by atoms with E-state index in [4.69, 9.17) is 19.3 Å². The molecule has 4 rings (SSSR count). The standard InChI is InChI=1S/C22H23N3O8/c1-12(27)23-9-15-10-25(22(30)31-15)14-4-6-18-20(8-14)33-17-5-3-13(7-19(17)32-18)24(2)21(29)16(28)11-26/h3-8,15-16,26,28H,9-11H2,1-2H3,(H,23,27)/t15-,16-/m0/s1. The first-order chi connectivity index (χ1) is 15.8. The number of nitrogens with zero attached hydrogens (tertiary/aromatic N) is 2. The second kappa shape index (κ2) is 8.96. The average Bonchev–Trinajstić information content (AvgIpc) is 3.19. The molecule has 2 atom stereocenters. The van der Waals surface area contributed by atoms with E-state index in [1.54, 1.807) is 36.4 Å². The number of fused-ring (bicyclic) bond motifs is 2. The molecular weight excluding hydrogens is 434 g/mol. The Kier molecular flexibility index (Phi) is 6.07. The Morgan fingerprint density at radius 1 is 1.15 bits per heavy atom. The molecule has 1 saturated heterocycles. The molecule has 0 aromatic heterocycles. The Balaban J connectivity index is 1.50. The maximum absolute atomic E-state index is 12.3. The number of anilines is 2. The number of aliphatic hydroxyl groups excluding tert-OH is 2. The van der Waals surface area contributed by atoms with Gasteiger partial charge in [0.15, 0.2) is 29.1 Å². The lowest BCUT2D eigenvalue weighted by atomic mass is 10.2. The minimum absolute atomic E-state index is 0.203. The lowest BCUT2D eigenvalue weighted by Gasteiger charge is -2.25. The highest BCUT2D eigenvalue weighted by molar-refractivity contribution is 5.96. The monoisotopic (exact) mass is 457 g/mol. The third kappa shape index (κ3) is 4.54. The predicted molar refractivity (Wildman–Crippen MR) is 116 cm³/mol. The minimum Gasteiger partial charge on any atom is -0.449 e. The normalized spacial score (nSPS) is 17.2. The number of rotatable bonds is 6. The molecule has 0 radical (unpaired) electrons. The van der Waals surface area contributed by atoms with Gasteiger partial charge in [0.05, 0.1) is 25.4 Å². The van der Waals surface area contributed by atoms with Gasteiger partial charge in [0.1, 0.15) is 6.10 Å². The summed E-state index contributed by atoms with van der Waals surface area (Å²) in [6.45, 7) is 1.22. The zero-order valence-electron chi connectivity index (χ0n) is 18.0. The Morgan fingerprint density at radius 2 is 1.82 bits per heavy atom. The maximum atomic E-state index is 12.3. The van der Waals surface area contributed by atoms with Gasteiger partial charge in [-0.15, -0.1) is 0 Å². The van der Waals surface area contributed by atoms with Gasteiger partial charge in [-0.05, 0) is 24.3 Å². The second-order valence-corrected chi connectivity index (χ2v) is 7.62. The molecule has 0 saturated carbocycles. The lowest BCUT2D eigenvalue weighted by molar-refractivity contribution is -0.128. The van der Waals surface area contributed by atoms with Crippen molar-refractivity contribution in [2.45, 2.75) is 19.1 Å². The van der Waals surface area contributed by atoms with Crippen LogP contribution in [-0.4, -0.2) is 67.1 Å². The summed E-state index contributed by atoms with van der Waals surface area (Å²) >= 11 is 0. The van der Waals surface area contributed by atoms with Crippen molar-refractivity contribution in [1.82, 2.24) is 5.32 Å². The fraction of sp³-hybridized carbons (Fsp3) is 0.318. The average molecular weight is 457 g/mol. The number of amides is 3. The maximum Gasteiger partial charge on any atom is 0.414 e. The van der Waals surface area contributed by atoms with Gasteiger partial charge < -0.3 is 34.6 Å². The number of cyclic esters (lactones) is 1. The quantitative estimate of drug-likeness (QED) is 0.505. The van der Waals surface area contributed by atoms with Gasteiger partial charge in [-0.25, -0.2) is 4.79 Å². The summed E-state index contributed by atoms with van der Waals surface area (Å²) in [6, 6.07) is 9.80. The van der Waals surface area contributed by atoms with E-state index in [0.717, 1.165) is 0 Å². The summed E-state index contributed by atoms with van der Waals surface area (Å²) in [5, 5.41) is 21.2. The van der Waals surface area contributed by atoms with Crippen molar-refractivity contribution < 1.29 is 38.8 Å². The van der Waals surface area contributed by atoms with Crippen LogP contribution in [0.2, 0.25) is 0 Å². The van der Waals surface area contributed by atoms with Gasteiger partial charge >= 0.3 is 6.09 Å². The van der Waals surface area contributed by atoms with Crippen molar-refractivity contribution in [3.63, 3.8) is 0 Å². The minimum atomic E-state index is -1.52. The molecule has 2 aliphatic rings. The SMILES string of the molecule is CC(=O)NC[C@H]1CN(c2ccc3c(c2)Oc2ccc(N(C)C(=O)[C@@H](O)CO)cc2O3)C(=O)O1. The highest BCUT2D eigenvalue weighted by Gasteiger charge is 2.33. The van der Waals surface area contributed by atoms with Crippen LogP contribution in [0.3, 0.4) is 0 Å². The van der Waals surface area contributed by atoms with E-state index in [1.807, 2.05) is 0 Å². The topological polar surface area (TPSA) is 138 Å². The number of benzene rings is 2. The van der Waals surface area contributed by atoms with Crippen molar-refractivity contribution in [3.05, 3.63) is 36.4 Å². The van der Waals surface area contributed by atoms with E-state index in [-0.39, 0.29) is 19.0 Å². The largest absolute Gasteiger partial charge is 0.449 e. The van der Waals surface area contributed by atoms with Gasteiger partial charge in [-0.1, -0.05) is 0 Å². The van der Waals surface area contributed by atoms with Gasteiger partial charge in [0.2, 0.25) is 5.91 Å². The second-order valence-electron chi connectivity index (χ2n) is 7.62. The molecule has 0 spiro atoms. The Hall–Kier alpha value is -3.83. The molecule has 174 valence electrons. The number of nitrogens with one attached hydrogen (secondary N) is 1. The zero-order chi connectivity index (χ0) is 23.7. The number of hydrogen-bond acceptors (Lipinski definition) is 8. The lowest BCUT2D eigenvalue weighted by Crippen LogP contribution is -2.38. The fourth-order valence-corrected chi connectivity index (χ4v) is 3.46. The van der Waals surface area contributed by atoms with Gasteiger partial charge in [0.25, 0.3) is 5.91 Å². The first-order valence-corrected chi connectivity index (χ1v) is 10.2. The van der Waals surface area contributed by atoms with Gasteiger partial charge in [-0.3, -0.25) is 14.5 Å². The van der Waals surface area contributed by atoms with Crippen LogP contribution in [0.1, 0.15) is 6.92 Å². The molecule has 2 aliphatic heterocycles. The van der Waals surface area contributed by atoms with Crippen LogP contribution in [0.25, 0.3) is 0 Å². The number of carbonyl (C=O) groups excluding carboxylic acids is 3. The molecule has 2 aromatic carbocycles. The fourth-order valence-electron chi connectivity index (χ4n) is 3.46. The van der Waals surface area contributed by atoms with E-state index in [9.17, 15) is 19.5 Å². The van der Waals surface area contributed by atoms with E-state index >= 15 is 0 Å². The molecule has 11 nitrogen and oxygen atoms in total. The van der Waals surface area contributed by atoms with Crippen LogP contribution in [0, 0.1) is 0 Å². The molecular formula is C22H23N3O8. The Morgan fingerprint density at radius 3 is 2.48 bits per heavy atom. The summed E-state index contributed by atoms with van der Waals surface area (Å²) in [5.74, 6) is 0.710. The first-order valence-electron chi connectivity index (χ1n) is 10.2. The number of aliphatic hydroxyl groups is 2. The highest BCUT2D eigenvalue weighted by atomic mass is 16.6. The summed E-state index contributed by atoms with van der Waals surface area (Å²) in [5.41, 5.74) is 0.996. The summed E-state index contributed by atoms with van der Waals surface area (Å²) in [4.78, 5) is 38.1. The third-order valence-electron chi connectivity index (χ3n) is 5.23. The summed E-state index contributed by atoms with van der Waals surface area (Å²) < 4.78 is 17.1. The summed E-state index contributed by atoms with van der Waals surface area (Å²) in [6.07, 6.45) is -2.50. The van der Waals surface area contributed by atoms with E-state index in [2.05, 4.69) is 5.32 Å². The van der Waals surface area contributed by atoms with E-state index < -0.39 is 30.8 Å². The molecule has 1 fully saturated rings. The third-order valence-corrected chi connectivity index (χ3v) is 5.23. The van der Waals surface area contributed by atoms with Gasteiger partial charge in [-0.2, -0.15) is 0 Å². The number of carbonyl (C=O) groups is 3. The molecule has 3 N–H and O–H groups in total. The number of hydrogen-bond donors (Lipinski definition) is 3. The van der Waals surface area contributed by atoms with Crippen LogP contribution in [-0.2, 0) is 14.3 Å². The zero-order valence-corrected chi connectivity index (χ0v) is 18.0. The summed E-state index contributed by atoms with van der Waals surface area (Å²) in [7, 11) is 1.47. The molecule has 0 bridgehead atoms. The van der Waals surface area contributed by atoms with Crippen LogP contribution in [0.15, 0.2) is 36.4 Å².